The monoisotopic (exact) mass is 291 g/mol. The van der Waals surface area contributed by atoms with Crippen LogP contribution in [0, 0.1) is 0 Å². The second-order valence-electron chi connectivity index (χ2n) is 4.60. The van der Waals surface area contributed by atoms with Gasteiger partial charge in [-0.2, -0.15) is 13.2 Å². The van der Waals surface area contributed by atoms with Crippen molar-refractivity contribution in [3.63, 3.8) is 0 Å². The Labute approximate surface area is 114 Å². The van der Waals surface area contributed by atoms with Crippen molar-refractivity contribution in [2.45, 2.75) is 32.5 Å². The van der Waals surface area contributed by atoms with E-state index in [0.717, 1.165) is 0 Å². The van der Waals surface area contributed by atoms with Gasteiger partial charge >= 0.3 is 6.18 Å². The Morgan fingerprint density at radius 3 is 2.30 bits per heavy atom. The summed E-state index contributed by atoms with van der Waals surface area (Å²) in [5, 5.41) is 5.23. The number of aromatic nitrogens is 2. The first-order valence-corrected chi connectivity index (χ1v) is 5.84. The van der Waals surface area contributed by atoms with Crippen LogP contribution in [-0.4, -0.2) is 28.0 Å². The minimum absolute atomic E-state index is 0.0117. The number of amides is 1. The zero-order chi connectivity index (χ0) is 15.6. The van der Waals surface area contributed by atoms with Crippen LogP contribution in [0.25, 0.3) is 0 Å². The van der Waals surface area contributed by atoms with Crippen LogP contribution in [0.1, 0.15) is 26.6 Å². The van der Waals surface area contributed by atoms with Crippen molar-refractivity contribution in [1.82, 2.24) is 9.97 Å². The topological polar surface area (TPSA) is 92.9 Å². The van der Waals surface area contributed by atoms with Crippen LogP contribution >= 0.6 is 0 Å². The molecular weight excluding hydrogens is 275 g/mol. The predicted molar refractivity (Wildman–Crippen MR) is 68.1 cm³/mol. The van der Waals surface area contributed by atoms with E-state index >= 15 is 0 Å². The molecule has 0 aliphatic carbocycles. The van der Waals surface area contributed by atoms with E-state index in [2.05, 4.69) is 20.6 Å². The van der Waals surface area contributed by atoms with Gasteiger partial charge in [-0.05, 0) is 20.8 Å². The summed E-state index contributed by atoms with van der Waals surface area (Å²) in [6.07, 6.45) is -4.68. The smallest absolute Gasteiger partial charge is 0.370 e. The third-order valence-electron chi connectivity index (χ3n) is 2.39. The number of hydrogen-bond acceptors (Lipinski definition) is 5. The Morgan fingerprint density at radius 2 is 1.85 bits per heavy atom. The quantitative estimate of drug-likeness (QED) is 0.766. The van der Waals surface area contributed by atoms with E-state index in [0.29, 0.717) is 6.54 Å². The van der Waals surface area contributed by atoms with Gasteiger partial charge in [0.1, 0.15) is 17.2 Å². The molecule has 4 N–H and O–H groups in total. The zero-order valence-corrected chi connectivity index (χ0v) is 11.3. The van der Waals surface area contributed by atoms with Crippen molar-refractivity contribution in [3.8, 4) is 0 Å². The second kappa shape index (κ2) is 5.51. The van der Waals surface area contributed by atoms with Crippen LogP contribution in [0.4, 0.5) is 24.8 Å². The van der Waals surface area contributed by atoms with Crippen LogP contribution < -0.4 is 16.4 Å². The lowest BCUT2D eigenvalue weighted by Crippen LogP contribution is -2.45. The summed E-state index contributed by atoms with van der Waals surface area (Å²) in [7, 11) is 0. The highest BCUT2D eigenvalue weighted by atomic mass is 19.4. The average molecular weight is 291 g/mol. The van der Waals surface area contributed by atoms with Crippen LogP contribution in [0.15, 0.2) is 6.07 Å². The number of carbonyl (C=O) groups excluding carboxylic acids is 1. The maximum atomic E-state index is 12.7. The second-order valence-corrected chi connectivity index (χ2v) is 4.60. The molecule has 0 unspecified atom stereocenters. The number of nitrogens with two attached hydrogens (primary N) is 1. The average Bonchev–Trinajstić information content (AvgIpc) is 2.27. The summed E-state index contributed by atoms with van der Waals surface area (Å²) in [4.78, 5) is 17.9. The number of carbonyl (C=O) groups is 1. The Kier molecular flexibility index (Phi) is 4.41. The third-order valence-corrected chi connectivity index (χ3v) is 2.39. The number of alkyl halides is 3. The standard InChI is InChI=1S/C11H16F3N5O/c1-4-16-6-5-7(19-10(2,3)8(15)20)18-9(17-6)11(12,13)14/h5H,4H2,1-3H3,(H2,15,20)(H2,16,17,18,19). The number of primary amides is 1. The van der Waals surface area contributed by atoms with E-state index in [4.69, 9.17) is 5.73 Å². The van der Waals surface area contributed by atoms with Crippen LogP contribution in [0.3, 0.4) is 0 Å². The van der Waals surface area contributed by atoms with E-state index < -0.39 is 23.4 Å². The van der Waals surface area contributed by atoms with E-state index in [1.807, 2.05) is 0 Å². The van der Waals surface area contributed by atoms with Crippen LogP contribution in [0.2, 0.25) is 0 Å². The molecule has 9 heteroatoms. The first kappa shape index (κ1) is 16.0. The molecular formula is C11H16F3N5O. The summed E-state index contributed by atoms with van der Waals surface area (Å²) >= 11 is 0. The Hall–Kier alpha value is -2.06. The van der Waals surface area contributed by atoms with Crippen molar-refractivity contribution in [3.05, 3.63) is 11.9 Å². The van der Waals surface area contributed by atoms with Gasteiger partial charge in [0, 0.05) is 12.6 Å². The van der Waals surface area contributed by atoms with Crippen LogP contribution in [0.5, 0.6) is 0 Å². The van der Waals surface area contributed by atoms with Crippen molar-refractivity contribution >= 4 is 17.5 Å². The number of hydrogen-bond donors (Lipinski definition) is 3. The number of anilines is 2. The van der Waals surface area contributed by atoms with E-state index in [9.17, 15) is 18.0 Å². The van der Waals surface area contributed by atoms with Gasteiger partial charge < -0.3 is 16.4 Å². The Balaban J connectivity index is 3.19. The van der Waals surface area contributed by atoms with E-state index in [1.165, 1.54) is 19.9 Å². The van der Waals surface area contributed by atoms with Crippen molar-refractivity contribution in [2.24, 2.45) is 5.73 Å². The van der Waals surface area contributed by atoms with E-state index in [1.54, 1.807) is 6.92 Å². The fraction of sp³-hybridized carbons (Fsp3) is 0.545. The molecule has 1 heterocycles. The lowest BCUT2D eigenvalue weighted by Gasteiger charge is -2.23. The highest BCUT2D eigenvalue weighted by molar-refractivity contribution is 5.86. The van der Waals surface area contributed by atoms with Gasteiger partial charge in [-0.25, -0.2) is 9.97 Å². The largest absolute Gasteiger partial charge is 0.451 e. The molecule has 0 fully saturated rings. The lowest BCUT2D eigenvalue weighted by molar-refractivity contribution is -0.144. The Bertz CT molecular complexity index is 501. The molecule has 1 aromatic heterocycles. The summed E-state index contributed by atoms with van der Waals surface area (Å²) in [5.41, 5.74) is 3.92. The molecule has 0 spiro atoms. The number of rotatable bonds is 5. The normalized spacial score (nSPS) is 12.1. The van der Waals surface area contributed by atoms with Gasteiger partial charge in [0.05, 0.1) is 0 Å². The molecule has 0 aromatic carbocycles. The minimum Gasteiger partial charge on any atom is -0.370 e. The first-order valence-electron chi connectivity index (χ1n) is 5.84. The van der Waals surface area contributed by atoms with Gasteiger partial charge in [-0.1, -0.05) is 0 Å². The van der Waals surface area contributed by atoms with Crippen molar-refractivity contribution < 1.29 is 18.0 Å². The SMILES string of the molecule is CCNc1cc(NC(C)(C)C(N)=O)nc(C(F)(F)F)n1. The van der Waals surface area contributed by atoms with Gasteiger partial charge in [0.2, 0.25) is 11.7 Å². The number of nitrogens with one attached hydrogen (secondary N) is 2. The van der Waals surface area contributed by atoms with Crippen LogP contribution in [-0.2, 0) is 11.0 Å². The predicted octanol–water partition coefficient (Wildman–Crippen LogP) is 1.60. The number of halogens is 3. The molecule has 0 radical (unpaired) electrons. The fourth-order valence-corrected chi connectivity index (χ4v) is 1.29. The molecule has 0 saturated heterocycles. The molecule has 0 saturated carbocycles. The zero-order valence-electron chi connectivity index (χ0n) is 11.3. The molecule has 1 amide bonds. The maximum Gasteiger partial charge on any atom is 0.451 e. The highest BCUT2D eigenvalue weighted by Gasteiger charge is 2.36. The van der Waals surface area contributed by atoms with Gasteiger partial charge in [-0.3, -0.25) is 4.79 Å². The third kappa shape index (κ3) is 3.97. The fourth-order valence-electron chi connectivity index (χ4n) is 1.29. The summed E-state index contributed by atoms with van der Waals surface area (Å²) in [6.45, 7) is 5.00. The van der Waals surface area contributed by atoms with Gasteiger partial charge in [0.15, 0.2) is 0 Å². The first-order chi connectivity index (χ1) is 9.06. The molecule has 1 aromatic rings. The lowest BCUT2D eigenvalue weighted by atomic mass is 10.1. The molecule has 20 heavy (non-hydrogen) atoms. The number of nitrogens with zero attached hydrogens (tertiary/aromatic N) is 2. The molecule has 0 aliphatic heterocycles. The summed E-state index contributed by atoms with van der Waals surface area (Å²) in [6, 6.07) is 1.28. The molecule has 0 aliphatic rings. The summed E-state index contributed by atoms with van der Waals surface area (Å²) < 4.78 is 38.1. The van der Waals surface area contributed by atoms with Crippen molar-refractivity contribution in [1.29, 1.82) is 0 Å². The van der Waals surface area contributed by atoms with E-state index in [-0.39, 0.29) is 11.6 Å². The molecule has 0 bridgehead atoms. The van der Waals surface area contributed by atoms with Gasteiger partial charge in [0.25, 0.3) is 0 Å². The molecule has 1 rings (SSSR count). The molecule has 6 nitrogen and oxygen atoms in total. The van der Waals surface area contributed by atoms with Crippen molar-refractivity contribution in [2.75, 3.05) is 17.2 Å². The Morgan fingerprint density at radius 1 is 1.30 bits per heavy atom. The minimum atomic E-state index is -4.68. The molecule has 0 atom stereocenters. The summed E-state index contributed by atoms with van der Waals surface area (Å²) in [5.74, 6) is -2.13. The molecule has 112 valence electrons. The highest BCUT2D eigenvalue weighted by Crippen LogP contribution is 2.28. The van der Waals surface area contributed by atoms with Gasteiger partial charge in [-0.15, -0.1) is 0 Å². The maximum absolute atomic E-state index is 12.7.